The number of hydrogen-bond acceptors (Lipinski definition) is 1. The molecule has 3 nitrogen and oxygen atoms in total. The van der Waals surface area contributed by atoms with Crippen molar-refractivity contribution in [3.05, 3.63) is 176 Å². The van der Waals surface area contributed by atoms with Gasteiger partial charge in [0.2, 0.25) is 0 Å². The molecule has 0 radical (unpaired) electrons. The third kappa shape index (κ3) is 4.25. The quantitative estimate of drug-likeness (QED) is 0.186. The molecule has 51 heavy (non-hydrogen) atoms. The average molecular weight is 653 g/mol. The minimum Gasteiger partial charge on any atom is -0.455 e. The summed E-state index contributed by atoms with van der Waals surface area (Å²) in [7, 11) is 0. The van der Waals surface area contributed by atoms with Crippen molar-refractivity contribution in [2.24, 2.45) is 0 Å². The van der Waals surface area contributed by atoms with Gasteiger partial charge in [0.15, 0.2) is 0 Å². The van der Waals surface area contributed by atoms with E-state index in [1.807, 2.05) is 6.07 Å². The topological polar surface area (TPSA) is 23.0 Å². The van der Waals surface area contributed by atoms with Crippen molar-refractivity contribution in [2.75, 3.05) is 0 Å². The normalized spacial score (nSPS) is 14.6. The number of furan rings is 1. The largest absolute Gasteiger partial charge is 0.455 e. The van der Waals surface area contributed by atoms with Crippen LogP contribution in [-0.2, 0) is 0 Å². The van der Waals surface area contributed by atoms with E-state index >= 15 is 0 Å². The molecule has 0 aliphatic heterocycles. The van der Waals surface area contributed by atoms with Gasteiger partial charge in [0.05, 0.1) is 17.1 Å². The second-order valence-electron chi connectivity index (χ2n) is 13.7. The van der Waals surface area contributed by atoms with Crippen molar-refractivity contribution < 1.29 is 4.42 Å². The predicted molar refractivity (Wildman–Crippen MR) is 214 cm³/mol. The van der Waals surface area contributed by atoms with Crippen molar-refractivity contribution in [1.82, 2.24) is 9.13 Å². The van der Waals surface area contributed by atoms with Gasteiger partial charge in [-0.1, -0.05) is 115 Å². The van der Waals surface area contributed by atoms with Crippen LogP contribution in [-0.4, -0.2) is 9.13 Å². The molecule has 1 aliphatic rings. The van der Waals surface area contributed by atoms with E-state index in [9.17, 15) is 0 Å². The molecule has 7 aromatic carbocycles. The Hall–Kier alpha value is -6.58. The first kappa shape index (κ1) is 28.3. The van der Waals surface area contributed by atoms with Crippen LogP contribution in [0.15, 0.2) is 180 Å². The molecule has 0 bridgehead atoms. The van der Waals surface area contributed by atoms with E-state index < -0.39 is 0 Å². The minimum absolute atomic E-state index is 0.309. The number of nitrogens with zero attached hydrogens (tertiary/aromatic N) is 2. The molecule has 1 atom stereocenters. The molecule has 10 aromatic rings. The summed E-state index contributed by atoms with van der Waals surface area (Å²) in [6.07, 6.45) is 9.91. The number of rotatable bonds is 4. The summed E-state index contributed by atoms with van der Waals surface area (Å²) < 4.78 is 11.4. The molecule has 1 aliphatic carbocycles. The van der Waals surface area contributed by atoms with Crippen LogP contribution < -0.4 is 0 Å². The maximum Gasteiger partial charge on any atom is 0.143 e. The van der Waals surface area contributed by atoms with Gasteiger partial charge in [-0.05, 0) is 83.8 Å². The number of hydrogen-bond donors (Lipinski definition) is 0. The van der Waals surface area contributed by atoms with Crippen LogP contribution in [0.2, 0.25) is 0 Å². The molecule has 3 aromatic heterocycles. The SMILES string of the molecule is C1=CCC(n2c3ccccc3c3cc(-c4ccc5c(c4)c4cc(-c6cccc7c6oc6ccccc67)ccc4n5-c4ccccc4)ccc32)C=C1. The molecule has 3 heterocycles. The second-order valence-corrected chi connectivity index (χ2v) is 13.7. The highest BCUT2D eigenvalue weighted by Gasteiger charge is 2.19. The fraction of sp³-hybridized carbons (Fsp3) is 0.0417. The summed E-state index contributed by atoms with van der Waals surface area (Å²) >= 11 is 0. The van der Waals surface area contributed by atoms with Gasteiger partial charge in [-0.2, -0.15) is 0 Å². The Bertz CT molecular complexity index is 3060. The van der Waals surface area contributed by atoms with Crippen LogP contribution in [0, 0.1) is 0 Å². The fourth-order valence-corrected chi connectivity index (χ4v) is 8.50. The highest BCUT2D eigenvalue weighted by molar-refractivity contribution is 6.14. The van der Waals surface area contributed by atoms with Gasteiger partial charge >= 0.3 is 0 Å². The van der Waals surface area contributed by atoms with E-state index in [1.54, 1.807) is 0 Å². The van der Waals surface area contributed by atoms with Crippen LogP contribution in [0.3, 0.4) is 0 Å². The molecule has 3 heteroatoms. The Morgan fingerprint density at radius 2 is 1.10 bits per heavy atom. The first-order chi connectivity index (χ1) is 25.3. The van der Waals surface area contributed by atoms with Crippen molar-refractivity contribution in [2.45, 2.75) is 12.5 Å². The molecule has 0 amide bonds. The average Bonchev–Trinajstić information content (AvgIpc) is 3.85. The molecular weight excluding hydrogens is 621 g/mol. The summed E-state index contributed by atoms with van der Waals surface area (Å²) in [6.45, 7) is 0. The predicted octanol–water partition coefficient (Wildman–Crippen LogP) is 13.2. The summed E-state index contributed by atoms with van der Waals surface area (Å²) in [5.41, 5.74) is 12.6. The van der Waals surface area contributed by atoms with Crippen LogP contribution >= 0.6 is 0 Å². The van der Waals surface area contributed by atoms with E-state index in [0.717, 1.165) is 45.2 Å². The molecule has 240 valence electrons. The molecule has 11 rings (SSSR count). The Balaban J connectivity index is 1.13. The Kier molecular flexibility index (Phi) is 6.08. The zero-order valence-corrected chi connectivity index (χ0v) is 27.8. The van der Waals surface area contributed by atoms with Crippen LogP contribution in [0.4, 0.5) is 0 Å². The molecule has 0 saturated heterocycles. The molecule has 1 unspecified atom stereocenters. The third-order valence-corrected chi connectivity index (χ3v) is 10.8. The number of aromatic nitrogens is 2. The van der Waals surface area contributed by atoms with Gasteiger partial charge < -0.3 is 13.6 Å². The van der Waals surface area contributed by atoms with Gasteiger partial charge in [-0.3, -0.25) is 0 Å². The van der Waals surface area contributed by atoms with E-state index in [1.165, 1.54) is 54.7 Å². The maximum absolute atomic E-state index is 6.48. The Morgan fingerprint density at radius 1 is 0.471 bits per heavy atom. The Morgan fingerprint density at radius 3 is 1.88 bits per heavy atom. The van der Waals surface area contributed by atoms with E-state index in [0.29, 0.717) is 6.04 Å². The lowest BCUT2D eigenvalue weighted by molar-refractivity contribution is 0.648. The summed E-state index contributed by atoms with van der Waals surface area (Å²) in [5, 5.41) is 7.32. The van der Waals surface area contributed by atoms with Crippen molar-refractivity contribution in [3.63, 3.8) is 0 Å². The summed E-state index contributed by atoms with van der Waals surface area (Å²) in [5.74, 6) is 0. The smallest absolute Gasteiger partial charge is 0.143 e. The van der Waals surface area contributed by atoms with Gasteiger partial charge in [0, 0.05) is 54.6 Å². The summed E-state index contributed by atoms with van der Waals surface area (Å²) in [6, 6.07) is 55.5. The standard InChI is InChI=1S/C48H32N2O/c1-3-12-34(13-4-1)49-43-20-9-7-16-37(43)40-28-31(22-25-44(40)49)32-23-26-45-41(29-32)42-30-33(24-27-46(42)50(45)35-14-5-2-6-15-35)36-18-11-19-39-38-17-8-10-21-47(38)51-48(36)39/h1-12,14-30,34H,13H2. The number of fused-ring (bicyclic) bond motifs is 9. The highest BCUT2D eigenvalue weighted by Crippen LogP contribution is 2.42. The van der Waals surface area contributed by atoms with Crippen molar-refractivity contribution in [1.29, 1.82) is 0 Å². The first-order valence-corrected chi connectivity index (χ1v) is 17.7. The summed E-state index contributed by atoms with van der Waals surface area (Å²) in [4.78, 5) is 0. The molecular formula is C48H32N2O. The lowest BCUT2D eigenvalue weighted by Gasteiger charge is -2.18. The number of allylic oxidation sites excluding steroid dienone is 4. The first-order valence-electron chi connectivity index (χ1n) is 17.7. The monoisotopic (exact) mass is 652 g/mol. The fourth-order valence-electron chi connectivity index (χ4n) is 8.50. The zero-order valence-electron chi connectivity index (χ0n) is 27.8. The molecule has 0 saturated carbocycles. The maximum atomic E-state index is 6.48. The Labute approximate surface area is 294 Å². The molecule has 0 fully saturated rings. The number of para-hydroxylation sites is 4. The van der Waals surface area contributed by atoms with Gasteiger partial charge in [-0.15, -0.1) is 0 Å². The molecule has 0 N–H and O–H groups in total. The number of benzene rings is 7. The molecule has 0 spiro atoms. The van der Waals surface area contributed by atoms with Gasteiger partial charge in [-0.25, -0.2) is 0 Å². The van der Waals surface area contributed by atoms with Crippen LogP contribution in [0.5, 0.6) is 0 Å². The zero-order chi connectivity index (χ0) is 33.5. The van der Waals surface area contributed by atoms with E-state index in [4.69, 9.17) is 4.42 Å². The van der Waals surface area contributed by atoms with Gasteiger partial charge in [0.1, 0.15) is 11.2 Å². The van der Waals surface area contributed by atoms with Crippen molar-refractivity contribution in [3.8, 4) is 27.9 Å². The highest BCUT2D eigenvalue weighted by atomic mass is 16.3. The van der Waals surface area contributed by atoms with E-state index in [-0.39, 0.29) is 0 Å². The van der Waals surface area contributed by atoms with Gasteiger partial charge in [0.25, 0.3) is 0 Å². The lowest BCUT2D eigenvalue weighted by atomic mass is 9.98. The minimum atomic E-state index is 0.309. The van der Waals surface area contributed by atoms with Crippen LogP contribution in [0.1, 0.15) is 12.5 Å². The van der Waals surface area contributed by atoms with E-state index in [2.05, 4.69) is 179 Å². The van der Waals surface area contributed by atoms with Crippen LogP contribution in [0.25, 0.3) is 93.5 Å². The van der Waals surface area contributed by atoms with Crippen molar-refractivity contribution >= 4 is 65.6 Å². The second kappa shape index (κ2) is 11.0. The lowest BCUT2D eigenvalue weighted by Crippen LogP contribution is -2.06. The third-order valence-electron chi connectivity index (χ3n) is 10.8.